The van der Waals surface area contributed by atoms with Crippen LogP contribution < -0.4 is 10.1 Å². The van der Waals surface area contributed by atoms with E-state index < -0.39 is 0 Å². The summed E-state index contributed by atoms with van der Waals surface area (Å²) < 4.78 is 5.52. The molecule has 1 aliphatic heterocycles. The number of amides is 3. The molecule has 1 fully saturated rings. The molecule has 2 aromatic rings. The summed E-state index contributed by atoms with van der Waals surface area (Å²) in [6.07, 6.45) is 1.92. The zero-order valence-corrected chi connectivity index (χ0v) is 17.0. The molecule has 0 saturated carbocycles. The smallest absolute Gasteiger partial charge is 0.293 e. The van der Waals surface area contributed by atoms with E-state index in [-0.39, 0.29) is 43.2 Å². The van der Waals surface area contributed by atoms with Crippen molar-refractivity contribution in [2.75, 3.05) is 19.7 Å². The molecule has 1 N–H and O–H groups in total. The second-order valence-corrected chi connectivity index (χ2v) is 8.08. The van der Waals surface area contributed by atoms with Gasteiger partial charge < -0.3 is 10.1 Å². The molecule has 0 bridgehead atoms. The van der Waals surface area contributed by atoms with E-state index in [0.717, 1.165) is 27.1 Å². The molecule has 1 aliphatic rings. The predicted octanol–water partition coefficient (Wildman–Crippen LogP) is 3.68. The summed E-state index contributed by atoms with van der Waals surface area (Å²) in [5.41, 5.74) is 1.14. The average molecular weight is 417 g/mol. The van der Waals surface area contributed by atoms with E-state index >= 15 is 0 Å². The van der Waals surface area contributed by atoms with E-state index in [2.05, 4.69) is 5.32 Å². The summed E-state index contributed by atoms with van der Waals surface area (Å²) in [7, 11) is 0. The van der Waals surface area contributed by atoms with E-state index in [1.54, 1.807) is 6.08 Å². The normalized spacial score (nSPS) is 15.3. The second-order valence-electron chi connectivity index (χ2n) is 6.11. The minimum Gasteiger partial charge on any atom is -0.493 e. The van der Waals surface area contributed by atoms with Gasteiger partial charge in [-0.1, -0.05) is 23.8 Å². The van der Waals surface area contributed by atoms with Crippen molar-refractivity contribution in [1.82, 2.24) is 10.2 Å². The van der Waals surface area contributed by atoms with Crippen molar-refractivity contribution in [3.05, 3.63) is 57.1 Å². The number of hydrogen-bond acceptors (Lipinski definition) is 6. The van der Waals surface area contributed by atoms with Crippen LogP contribution in [-0.4, -0.2) is 41.6 Å². The number of imide groups is 1. The molecule has 0 atom stereocenters. The SMILES string of the molecule is Cc1ccc(OCCC(=O)NCCN2C(=O)S/C(=C/c3cccs3)C2=O)cc1. The first kappa shape index (κ1) is 20.2. The zero-order chi connectivity index (χ0) is 19.9. The standard InChI is InChI=1S/C20H20N2O4S2/c1-14-4-6-15(7-5-14)26-11-8-18(23)21-9-10-22-19(24)17(28-20(22)25)13-16-3-2-12-27-16/h2-7,12-13H,8-11H2,1H3,(H,21,23)/b17-13+. The molecule has 1 aromatic heterocycles. The Morgan fingerprint density at radius 1 is 1.21 bits per heavy atom. The Bertz CT molecular complexity index is 876. The van der Waals surface area contributed by atoms with Crippen LogP contribution in [-0.2, 0) is 9.59 Å². The topological polar surface area (TPSA) is 75.7 Å². The first-order valence-corrected chi connectivity index (χ1v) is 10.5. The van der Waals surface area contributed by atoms with Crippen molar-refractivity contribution in [3.63, 3.8) is 0 Å². The van der Waals surface area contributed by atoms with Gasteiger partial charge in [-0.3, -0.25) is 19.3 Å². The van der Waals surface area contributed by atoms with Gasteiger partial charge in [0.15, 0.2) is 0 Å². The molecule has 28 heavy (non-hydrogen) atoms. The quantitative estimate of drug-likeness (QED) is 0.665. The summed E-state index contributed by atoms with van der Waals surface area (Å²) in [6, 6.07) is 11.4. The monoisotopic (exact) mass is 416 g/mol. The first-order chi connectivity index (χ1) is 13.5. The summed E-state index contributed by atoms with van der Waals surface area (Å²) in [6.45, 7) is 2.62. The molecule has 8 heteroatoms. The number of thioether (sulfide) groups is 1. The van der Waals surface area contributed by atoms with Crippen molar-refractivity contribution >= 4 is 46.2 Å². The number of thiophene rings is 1. The molecule has 1 saturated heterocycles. The molecule has 0 radical (unpaired) electrons. The lowest BCUT2D eigenvalue weighted by molar-refractivity contribution is -0.124. The van der Waals surface area contributed by atoms with Crippen LogP contribution in [0.25, 0.3) is 6.08 Å². The van der Waals surface area contributed by atoms with Crippen LogP contribution in [0.4, 0.5) is 4.79 Å². The number of ether oxygens (including phenoxy) is 1. The summed E-state index contributed by atoms with van der Waals surface area (Å²) in [5.74, 6) is 0.210. The van der Waals surface area contributed by atoms with Gasteiger partial charge in [0.1, 0.15) is 5.75 Å². The van der Waals surface area contributed by atoms with Gasteiger partial charge >= 0.3 is 0 Å². The van der Waals surface area contributed by atoms with Crippen molar-refractivity contribution in [2.45, 2.75) is 13.3 Å². The van der Waals surface area contributed by atoms with Crippen molar-refractivity contribution < 1.29 is 19.1 Å². The van der Waals surface area contributed by atoms with Crippen LogP contribution in [0.2, 0.25) is 0 Å². The average Bonchev–Trinajstić information content (AvgIpc) is 3.27. The Hall–Kier alpha value is -2.58. The summed E-state index contributed by atoms with van der Waals surface area (Å²) in [4.78, 5) is 38.8. The predicted molar refractivity (Wildman–Crippen MR) is 111 cm³/mol. The van der Waals surface area contributed by atoms with Gasteiger partial charge in [0.2, 0.25) is 5.91 Å². The Morgan fingerprint density at radius 2 is 2.00 bits per heavy atom. The maximum Gasteiger partial charge on any atom is 0.293 e. The fourth-order valence-corrected chi connectivity index (χ4v) is 4.07. The lowest BCUT2D eigenvalue weighted by Gasteiger charge is -2.13. The van der Waals surface area contributed by atoms with Gasteiger partial charge in [0.05, 0.1) is 17.9 Å². The second kappa shape index (κ2) is 9.57. The number of hydrogen-bond donors (Lipinski definition) is 1. The van der Waals surface area contributed by atoms with Gasteiger partial charge in [-0.2, -0.15) is 0 Å². The van der Waals surface area contributed by atoms with Gasteiger partial charge in [-0.05, 0) is 48.3 Å². The number of nitrogens with one attached hydrogen (secondary N) is 1. The highest BCUT2D eigenvalue weighted by atomic mass is 32.2. The van der Waals surface area contributed by atoms with Crippen LogP contribution in [0.3, 0.4) is 0 Å². The third-order valence-corrected chi connectivity index (χ3v) is 5.69. The highest BCUT2D eigenvalue weighted by molar-refractivity contribution is 8.18. The third-order valence-electron chi connectivity index (χ3n) is 3.97. The Morgan fingerprint density at radius 3 is 2.71 bits per heavy atom. The molecular weight excluding hydrogens is 396 g/mol. The lowest BCUT2D eigenvalue weighted by Crippen LogP contribution is -2.37. The highest BCUT2D eigenvalue weighted by Gasteiger charge is 2.34. The fraction of sp³-hybridized carbons (Fsp3) is 0.250. The molecule has 3 amide bonds. The van der Waals surface area contributed by atoms with Crippen LogP contribution >= 0.6 is 23.1 Å². The van der Waals surface area contributed by atoms with Crippen molar-refractivity contribution in [1.29, 1.82) is 0 Å². The van der Waals surface area contributed by atoms with E-state index in [1.807, 2.05) is 48.7 Å². The van der Waals surface area contributed by atoms with Crippen LogP contribution in [0, 0.1) is 6.92 Å². The first-order valence-electron chi connectivity index (χ1n) is 8.78. The molecule has 146 valence electrons. The maximum absolute atomic E-state index is 12.4. The van der Waals surface area contributed by atoms with Crippen molar-refractivity contribution in [2.24, 2.45) is 0 Å². The maximum atomic E-state index is 12.4. The Balaban J connectivity index is 1.39. The summed E-state index contributed by atoms with van der Waals surface area (Å²) in [5, 5.41) is 4.31. The number of aryl methyl sites for hydroxylation is 1. The van der Waals surface area contributed by atoms with E-state index in [0.29, 0.717) is 10.7 Å². The minimum atomic E-state index is -0.319. The number of carbonyl (C=O) groups excluding carboxylic acids is 3. The zero-order valence-electron chi connectivity index (χ0n) is 15.3. The number of benzene rings is 1. The lowest BCUT2D eigenvalue weighted by atomic mass is 10.2. The molecule has 1 aromatic carbocycles. The van der Waals surface area contributed by atoms with Gasteiger partial charge in [-0.15, -0.1) is 11.3 Å². The largest absolute Gasteiger partial charge is 0.493 e. The third kappa shape index (κ3) is 5.46. The van der Waals surface area contributed by atoms with Crippen LogP contribution in [0.15, 0.2) is 46.7 Å². The number of carbonyl (C=O) groups is 3. The van der Waals surface area contributed by atoms with Crippen molar-refractivity contribution in [3.8, 4) is 5.75 Å². The minimum absolute atomic E-state index is 0.150. The fourth-order valence-electron chi connectivity index (χ4n) is 2.49. The Kier molecular flexibility index (Phi) is 6.89. The number of nitrogens with zero attached hydrogens (tertiary/aromatic N) is 1. The van der Waals surface area contributed by atoms with Crippen LogP contribution in [0.5, 0.6) is 5.75 Å². The van der Waals surface area contributed by atoms with Crippen LogP contribution in [0.1, 0.15) is 16.9 Å². The van der Waals surface area contributed by atoms with Gasteiger partial charge in [0, 0.05) is 18.0 Å². The van der Waals surface area contributed by atoms with Gasteiger partial charge in [-0.25, -0.2) is 0 Å². The molecule has 0 aliphatic carbocycles. The summed E-state index contributed by atoms with van der Waals surface area (Å²) >= 11 is 2.43. The molecule has 0 unspecified atom stereocenters. The van der Waals surface area contributed by atoms with Gasteiger partial charge in [0.25, 0.3) is 11.1 Å². The molecule has 0 spiro atoms. The molecule has 3 rings (SSSR count). The van der Waals surface area contributed by atoms with E-state index in [4.69, 9.17) is 4.74 Å². The van der Waals surface area contributed by atoms with E-state index in [9.17, 15) is 14.4 Å². The molecular formula is C20H20N2O4S2. The highest BCUT2D eigenvalue weighted by Crippen LogP contribution is 2.32. The Labute approximate surface area is 171 Å². The number of rotatable bonds is 8. The van der Waals surface area contributed by atoms with E-state index in [1.165, 1.54) is 11.3 Å². The molecule has 6 nitrogen and oxygen atoms in total. The molecule has 2 heterocycles.